The Labute approximate surface area is 399 Å². The highest BCUT2D eigenvalue weighted by atomic mass is 19.4. The Morgan fingerprint density at radius 2 is 0.768 bits per heavy atom. The number of hydrogen-bond donors (Lipinski definition) is 0. The van der Waals surface area contributed by atoms with Crippen molar-refractivity contribution in [3.8, 4) is 33.8 Å². The van der Waals surface area contributed by atoms with Crippen LogP contribution in [0.2, 0.25) is 0 Å². The van der Waals surface area contributed by atoms with Gasteiger partial charge in [-0.05, 0) is 79.6 Å². The van der Waals surface area contributed by atoms with Crippen LogP contribution < -0.4 is 9.47 Å². The summed E-state index contributed by atoms with van der Waals surface area (Å²) in [7, 11) is 0. The Hall–Kier alpha value is -5.28. The minimum atomic E-state index is -4.79. The van der Waals surface area contributed by atoms with Crippen LogP contribution in [0.1, 0.15) is 158 Å². The van der Waals surface area contributed by atoms with E-state index in [2.05, 4.69) is 23.3 Å². The molecule has 0 fully saturated rings. The fourth-order valence-corrected chi connectivity index (χ4v) is 7.08. The lowest BCUT2D eigenvalue weighted by atomic mass is 10.0. The number of benzene rings is 4. The predicted octanol–water partition coefficient (Wildman–Crippen LogP) is 16.9. The second kappa shape index (κ2) is 29.7. The number of unbranched alkanes of at least 4 members (excludes halogenated alkanes) is 11. The number of carbonyl (C=O) groups excluding carboxylic acids is 2. The Morgan fingerprint density at radius 1 is 0.420 bits per heavy atom. The number of esters is 2. The van der Waals surface area contributed by atoms with E-state index in [0.29, 0.717) is 42.3 Å². The lowest BCUT2D eigenvalue weighted by molar-refractivity contribution is -0.206. The second-order valence-corrected chi connectivity index (χ2v) is 16.7. The van der Waals surface area contributed by atoms with E-state index in [9.17, 15) is 53.5 Å². The standard InChI is InChI=1S/C27H33F5O3.C26H31F5O3/c1-3-5-7-8-9-10-18-34-20-14-12-19(13-15-20)21-16-17-22(25(29)24(21)28)26(33)35-23(11-6-4-2)27(30,31)32;1-3-5-6-7-8-9-17-33-19-13-11-18(12-14-19)20-15-16-21(24(28)23(20)27)25(32)34-22(10-4-2)26(29,30)31/h12-17,23H,3-11,18H2,1-2H3;11-16,22H,3-10,17H2,1-2H3. The quantitative estimate of drug-likeness (QED) is 0.0337. The maximum Gasteiger partial charge on any atom is 0.425 e. The van der Waals surface area contributed by atoms with E-state index in [-0.39, 0.29) is 24.0 Å². The van der Waals surface area contributed by atoms with E-state index in [4.69, 9.17) is 9.47 Å². The lowest BCUT2D eigenvalue weighted by Gasteiger charge is -2.20. The predicted molar refractivity (Wildman–Crippen MR) is 246 cm³/mol. The van der Waals surface area contributed by atoms with Crippen LogP contribution in [0.5, 0.6) is 11.5 Å². The SMILES string of the molecule is CCCCCCCCOc1ccc(-c2ccc(C(=O)OC(CCC)C(F)(F)F)c(F)c2F)cc1.CCCCCCCCOc1ccc(-c2ccc(C(=O)OC(CCCC)C(F)(F)F)c(F)c2F)cc1. The molecule has 0 aromatic heterocycles. The maximum absolute atomic E-state index is 14.7. The van der Waals surface area contributed by atoms with E-state index in [1.807, 2.05) is 0 Å². The monoisotopic (exact) mass is 986 g/mol. The van der Waals surface area contributed by atoms with Crippen molar-refractivity contribution in [1.29, 1.82) is 0 Å². The minimum absolute atomic E-state index is 0.103. The fourth-order valence-electron chi connectivity index (χ4n) is 7.08. The molecule has 4 rings (SSSR count). The van der Waals surface area contributed by atoms with Crippen molar-refractivity contribution in [3.63, 3.8) is 0 Å². The third kappa shape index (κ3) is 19.2. The summed E-state index contributed by atoms with van der Waals surface area (Å²) in [5.74, 6) is -7.70. The zero-order chi connectivity index (χ0) is 51.0. The van der Waals surface area contributed by atoms with E-state index in [1.165, 1.54) is 58.3 Å². The van der Waals surface area contributed by atoms with Gasteiger partial charge in [-0.3, -0.25) is 0 Å². The van der Waals surface area contributed by atoms with Crippen LogP contribution in [0.15, 0.2) is 72.8 Å². The Balaban J connectivity index is 0.000000365. The smallest absolute Gasteiger partial charge is 0.425 e. The summed E-state index contributed by atoms with van der Waals surface area (Å²) in [6, 6.07) is 16.9. The first-order valence-electron chi connectivity index (χ1n) is 23.8. The lowest BCUT2D eigenvalue weighted by Crippen LogP contribution is -2.34. The van der Waals surface area contributed by atoms with E-state index >= 15 is 0 Å². The van der Waals surface area contributed by atoms with E-state index in [1.54, 1.807) is 55.5 Å². The molecule has 0 bridgehead atoms. The molecular weight excluding hydrogens is 923 g/mol. The largest absolute Gasteiger partial charge is 0.494 e. The number of carbonyl (C=O) groups is 2. The molecule has 6 nitrogen and oxygen atoms in total. The summed E-state index contributed by atoms with van der Waals surface area (Å²) in [5.41, 5.74) is -1.34. The second-order valence-electron chi connectivity index (χ2n) is 16.7. The molecule has 2 unspecified atom stereocenters. The molecule has 0 N–H and O–H groups in total. The van der Waals surface area contributed by atoms with Crippen molar-refractivity contribution < 1.29 is 72.4 Å². The van der Waals surface area contributed by atoms with Crippen LogP contribution in [-0.4, -0.2) is 49.7 Å². The first-order valence-corrected chi connectivity index (χ1v) is 23.8. The van der Waals surface area contributed by atoms with Gasteiger partial charge in [0.2, 0.25) is 0 Å². The molecule has 0 saturated heterocycles. The van der Waals surface area contributed by atoms with Gasteiger partial charge in [0, 0.05) is 11.1 Å². The zero-order valence-corrected chi connectivity index (χ0v) is 39.7. The molecule has 69 heavy (non-hydrogen) atoms. The summed E-state index contributed by atoms with van der Waals surface area (Å²) in [5, 5.41) is 0. The Morgan fingerprint density at radius 3 is 1.12 bits per heavy atom. The van der Waals surface area contributed by atoms with E-state index < -0.39 is 83.7 Å². The molecule has 0 aliphatic rings. The van der Waals surface area contributed by atoms with Crippen molar-refractivity contribution in [2.24, 2.45) is 0 Å². The minimum Gasteiger partial charge on any atom is -0.494 e. The topological polar surface area (TPSA) is 71.1 Å². The van der Waals surface area contributed by atoms with Crippen LogP contribution >= 0.6 is 0 Å². The number of rotatable bonds is 27. The third-order valence-electron chi connectivity index (χ3n) is 11.1. The van der Waals surface area contributed by atoms with Crippen molar-refractivity contribution in [2.75, 3.05) is 13.2 Å². The van der Waals surface area contributed by atoms with E-state index in [0.717, 1.165) is 49.9 Å². The van der Waals surface area contributed by atoms with Crippen molar-refractivity contribution in [1.82, 2.24) is 0 Å². The van der Waals surface area contributed by atoms with Crippen molar-refractivity contribution in [2.45, 2.75) is 161 Å². The van der Waals surface area contributed by atoms with Gasteiger partial charge in [-0.25, -0.2) is 27.2 Å². The van der Waals surface area contributed by atoms with Crippen LogP contribution in [-0.2, 0) is 9.47 Å². The maximum atomic E-state index is 14.7. The third-order valence-corrected chi connectivity index (χ3v) is 11.1. The van der Waals surface area contributed by atoms with Gasteiger partial charge < -0.3 is 18.9 Å². The summed E-state index contributed by atoms with van der Waals surface area (Å²) >= 11 is 0. The number of hydrogen-bond acceptors (Lipinski definition) is 6. The normalized spacial score (nSPS) is 12.4. The summed E-state index contributed by atoms with van der Waals surface area (Å²) < 4.78 is 157. The molecule has 4 aromatic carbocycles. The van der Waals surface area contributed by atoms with Gasteiger partial charge in [0.05, 0.1) is 24.3 Å². The van der Waals surface area contributed by atoms with Gasteiger partial charge in [0.25, 0.3) is 0 Å². The average molecular weight is 987 g/mol. The van der Waals surface area contributed by atoms with Gasteiger partial charge in [0.15, 0.2) is 35.5 Å². The molecule has 0 radical (unpaired) electrons. The van der Waals surface area contributed by atoms with Crippen LogP contribution in [0.25, 0.3) is 22.3 Å². The highest BCUT2D eigenvalue weighted by molar-refractivity contribution is 5.91. The number of ether oxygens (including phenoxy) is 4. The number of halogens is 10. The van der Waals surface area contributed by atoms with Crippen LogP contribution in [0.4, 0.5) is 43.9 Å². The molecule has 0 amide bonds. The van der Waals surface area contributed by atoms with Gasteiger partial charge in [-0.1, -0.05) is 141 Å². The fraction of sp³-hybridized carbons (Fsp3) is 0.509. The van der Waals surface area contributed by atoms with Crippen molar-refractivity contribution >= 4 is 11.9 Å². The molecule has 382 valence electrons. The first kappa shape index (κ1) is 58.0. The average Bonchev–Trinajstić information content (AvgIpc) is 3.31. The van der Waals surface area contributed by atoms with Gasteiger partial charge in [-0.2, -0.15) is 26.3 Å². The molecular formula is C53H64F10O6. The molecule has 0 saturated carbocycles. The molecule has 0 aliphatic heterocycles. The highest BCUT2D eigenvalue weighted by Crippen LogP contribution is 2.33. The Bertz CT molecular complexity index is 2140. The molecule has 0 spiro atoms. The highest BCUT2D eigenvalue weighted by Gasteiger charge is 2.44. The Kier molecular flexibility index (Phi) is 25.0. The number of alkyl halides is 6. The zero-order valence-electron chi connectivity index (χ0n) is 39.7. The molecule has 16 heteroatoms. The molecule has 2 atom stereocenters. The van der Waals surface area contributed by atoms with Crippen LogP contribution in [0.3, 0.4) is 0 Å². The van der Waals surface area contributed by atoms with Crippen LogP contribution in [0, 0.1) is 23.3 Å². The summed E-state index contributed by atoms with van der Waals surface area (Å²) in [4.78, 5) is 24.3. The van der Waals surface area contributed by atoms with Gasteiger partial charge >= 0.3 is 24.3 Å². The van der Waals surface area contributed by atoms with Gasteiger partial charge in [-0.15, -0.1) is 0 Å². The van der Waals surface area contributed by atoms with Crippen molar-refractivity contribution in [3.05, 3.63) is 107 Å². The summed E-state index contributed by atoms with van der Waals surface area (Å²) in [6.07, 6.45) is -0.883. The first-order chi connectivity index (χ1) is 32.9. The summed E-state index contributed by atoms with van der Waals surface area (Å²) in [6.45, 7) is 8.63. The molecule has 4 aromatic rings. The molecule has 0 heterocycles. The molecule has 0 aliphatic carbocycles. The van der Waals surface area contributed by atoms with Gasteiger partial charge in [0.1, 0.15) is 11.5 Å².